The predicted molar refractivity (Wildman–Crippen MR) is 93.7 cm³/mol. The average molecular weight is 329 g/mol. The predicted octanol–water partition coefficient (Wildman–Crippen LogP) is 2.80. The molecule has 1 unspecified atom stereocenters. The number of benzene rings is 1. The first-order chi connectivity index (χ1) is 11.3. The lowest BCUT2D eigenvalue weighted by Gasteiger charge is -2.41. The Morgan fingerprint density at radius 1 is 1.13 bits per heavy atom. The highest BCUT2D eigenvalue weighted by Crippen LogP contribution is 2.28. The summed E-state index contributed by atoms with van der Waals surface area (Å²) < 4.78 is 2.75. The van der Waals surface area contributed by atoms with Crippen molar-refractivity contribution in [2.45, 2.75) is 51.2 Å². The van der Waals surface area contributed by atoms with Gasteiger partial charge in [0.25, 0.3) is 0 Å². The molecular weight excluding hydrogens is 304 g/mol. The minimum atomic E-state index is 0.675. The molecule has 2 fully saturated rings. The molecule has 4 rings (SSSR count). The van der Waals surface area contributed by atoms with Crippen LogP contribution in [0, 0.1) is 10.7 Å². The van der Waals surface area contributed by atoms with E-state index in [9.17, 15) is 0 Å². The topological polar surface area (TPSA) is 38.0 Å². The molecule has 4 nitrogen and oxygen atoms in total. The maximum absolute atomic E-state index is 5.50. The fraction of sp³-hybridized carbons (Fsp3) is 0.556. The van der Waals surface area contributed by atoms with Crippen LogP contribution >= 0.6 is 12.2 Å². The lowest BCUT2D eigenvalue weighted by atomic mass is 9.78. The van der Waals surface area contributed by atoms with Gasteiger partial charge >= 0.3 is 0 Å². The van der Waals surface area contributed by atoms with E-state index in [4.69, 9.17) is 12.2 Å². The molecule has 122 valence electrons. The van der Waals surface area contributed by atoms with E-state index in [1.165, 1.54) is 45.1 Å². The van der Waals surface area contributed by atoms with Gasteiger partial charge in [-0.25, -0.2) is 4.68 Å². The number of aromatic nitrogens is 3. The third-order valence-electron chi connectivity index (χ3n) is 5.59. The van der Waals surface area contributed by atoms with E-state index in [-0.39, 0.29) is 0 Å². The molecule has 0 bridgehead atoms. The van der Waals surface area contributed by atoms with Gasteiger partial charge in [0.15, 0.2) is 12.5 Å². The van der Waals surface area contributed by atoms with Gasteiger partial charge in [0.2, 0.25) is 4.77 Å². The van der Waals surface area contributed by atoms with Crippen LogP contribution in [0.4, 0.5) is 0 Å². The van der Waals surface area contributed by atoms with Crippen LogP contribution in [0.2, 0.25) is 0 Å². The Balaban J connectivity index is 1.54. The number of nitrogens with zero attached hydrogens (tertiary/aromatic N) is 2. The molecule has 3 atom stereocenters. The smallest absolute Gasteiger partial charge is 0.221 e. The van der Waals surface area contributed by atoms with Crippen molar-refractivity contribution >= 4 is 12.2 Å². The summed E-state index contributed by atoms with van der Waals surface area (Å²) in [6, 6.07) is 11.1. The number of H-pyrrole nitrogens is 1. The molecule has 1 saturated carbocycles. The Bertz CT molecular complexity index is 703. The third-order valence-corrected chi connectivity index (χ3v) is 5.91. The van der Waals surface area contributed by atoms with Crippen molar-refractivity contribution in [2.24, 2.45) is 5.92 Å². The monoisotopic (exact) mass is 329 g/mol. The second-order valence-corrected chi connectivity index (χ2v) is 7.37. The van der Waals surface area contributed by atoms with Gasteiger partial charge in [-0.05, 0) is 44.3 Å². The van der Waals surface area contributed by atoms with Crippen molar-refractivity contribution in [3.63, 3.8) is 0 Å². The molecule has 1 saturated heterocycles. The summed E-state index contributed by atoms with van der Waals surface area (Å²) in [6.07, 6.45) is 8.41. The quantitative estimate of drug-likeness (QED) is 0.850. The van der Waals surface area contributed by atoms with E-state index in [0.717, 1.165) is 30.0 Å². The van der Waals surface area contributed by atoms with E-state index in [1.54, 1.807) is 4.90 Å². The number of rotatable bonds is 3. The Hall–Kier alpha value is -1.46. The van der Waals surface area contributed by atoms with E-state index in [2.05, 4.69) is 26.9 Å². The maximum Gasteiger partial charge on any atom is 0.221 e. The van der Waals surface area contributed by atoms with Crippen LogP contribution in [-0.4, -0.2) is 27.4 Å². The molecule has 1 aliphatic heterocycles. The van der Waals surface area contributed by atoms with Gasteiger partial charge in [-0.3, -0.25) is 5.10 Å². The molecule has 0 radical (unpaired) electrons. The zero-order chi connectivity index (χ0) is 15.6. The summed E-state index contributed by atoms with van der Waals surface area (Å²) in [4.78, 5) is 6.25. The number of hydrogen-bond acceptors (Lipinski definition) is 2. The number of fused-ring (bicyclic) bond motifs is 1. The van der Waals surface area contributed by atoms with Gasteiger partial charge in [0.05, 0.1) is 12.6 Å². The van der Waals surface area contributed by atoms with E-state index < -0.39 is 0 Å². The van der Waals surface area contributed by atoms with Crippen molar-refractivity contribution in [1.29, 1.82) is 0 Å². The zero-order valence-electron chi connectivity index (χ0n) is 13.5. The summed E-state index contributed by atoms with van der Waals surface area (Å²) in [6.45, 7) is 2.20. The number of likely N-dealkylation sites (tertiary alicyclic amines) is 1. The first kappa shape index (κ1) is 15.1. The van der Waals surface area contributed by atoms with Crippen LogP contribution in [0.3, 0.4) is 0 Å². The largest absolute Gasteiger partial charge is 0.314 e. The molecule has 23 heavy (non-hydrogen) atoms. The summed E-state index contributed by atoms with van der Waals surface area (Å²) in [7, 11) is 0. The van der Waals surface area contributed by atoms with Crippen LogP contribution < -0.4 is 4.90 Å². The molecule has 0 amide bonds. The number of piperidine rings is 1. The van der Waals surface area contributed by atoms with Crippen molar-refractivity contribution in [2.75, 3.05) is 6.54 Å². The number of quaternary nitrogens is 1. The fourth-order valence-electron chi connectivity index (χ4n) is 4.46. The lowest BCUT2D eigenvalue weighted by molar-refractivity contribution is -0.958. The third kappa shape index (κ3) is 3.12. The normalized spacial score (nSPS) is 27.6. The molecule has 2 aliphatic rings. The van der Waals surface area contributed by atoms with Crippen LogP contribution in [-0.2, 0) is 6.67 Å². The first-order valence-corrected chi connectivity index (χ1v) is 9.29. The Morgan fingerprint density at radius 3 is 2.78 bits per heavy atom. The minimum Gasteiger partial charge on any atom is -0.314 e. The summed E-state index contributed by atoms with van der Waals surface area (Å²) in [5.41, 5.74) is 1.10. The van der Waals surface area contributed by atoms with E-state index in [1.807, 2.05) is 18.2 Å². The van der Waals surface area contributed by atoms with Crippen LogP contribution in [0.25, 0.3) is 11.4 Å². The number of hydrogen-bond donors (Lipinski definition) is 2. The molecular formula is C18H25N4S+. The van der Waals surface area contributed by atoms with Gasteiger partial charge in [-0.2, -0.15) is 4.98 Å². The van der Waals surface area contributed by atoms with E-state index >= 15 is 0 Å². The number of nitrogens with one attached hydrogen (secondary N) is 2. The molecule has 2 aromatic rings. The van der Waals surface area contributed by atoms with Crippen LogP contribution in [0.5, 0.6) is 0 Å². The van der Waals surface area contributed by atoms with Gasteiger partial charge < -0.3 is 4.90 Å². The molecule has 2 N–H and O–H groups in total. The second kappa shape index (κ2) is 6.57. The Labute approximate surface area is 142 Å². The molecule has 0 spiro atoms. The lowest BCUT2D eigenvalue weighted by Crippen LogP contribution is -3.17. The highest BCUT2D eigenvalue weighted by molar-refractivity contribution is 7.71. The van der Waals surface area contributed by atoms with Crippen LogP contribution in [0.15, 0.2) is 30.3 Å². The van der Waals surface area contributed by atoms with Crippen molar-refractivity contribution < 1.29 is 4.90 Å². The van der Waals surface area contributed by atoms with Gasteiger partial charge in [-0.15, -0.1) is 0 Å². The fourth-order valence-corrected chi connectivity index (χ4v) is 4.66. The molecule has 1 aliphatic carbocycles. The number of aromatic amines is 1. The van der Waals surface area contributed by atoms with Crippen molar-refractivity contribution in [3.8, 4) is 11.4 Å². The Kier molecular flexibility index (Phi) is 4.31. The van der Waals surface area contributed by atoms with Crippen LogP contribution in [0.1, 0.15) is 38.5 Å². The highest BCUT2D eigenvalue weighted by atomic mass is 32.1. The summed E-state index contributed by atoms with van der Waals surface area (Å²) in [5.74, 6) is 1.81. The first-order valence-electron chi connectivity index (χ1n) is 8.88. The van der Waals surface area contributed by atoms with Gasteiger partial charge in [0.1, 0.15) is 0 Å². The Morgan fingerprint density at radius 2 is 1.91 bits per heavy atom. The van der Waals surface area contributed by atoms with Crippen molar-refractivity contribution in [3.05, 3.63) is 35.1 Å². The average Bonchev–Trinajstić information content (AvgIpc) is 2.97. The van der Waals surface area contributed by atoms with Crippen molar-refractivity contribution in [1.82, 2.24) is 14.8 Å². The minimum absolute atomic E-state index is 0.675. The molecule has 5 heteroatoms. The molecule has 1 aromatic heterocycles. The maximum atomic E-state index is 5.50. The van der Waals surface area contributed by atoms with Gasteiger partial charge in [-0.1, -0.05) is 36.8 Å². The SMILES string of the molecule is S=c1nc(-c2ccccc2)[nH]n1C[NH+]1CCC[C@@H]2CCCC[C@@H]21. The summed E-state index contributed by atoms with van der Waals surface area (Å²) >= 11 is 5.50. The van der Waals surface area contributed by atoms with Gasteiger partial charge in [0, 0.05) is 11.5 Å². The summed E-state index contributed by atoms with van der Waals surface area (Å²) in [5, 5.41) is 3.42. The molecule has 1 aromatic carbocycles. The van der Waals surface area contributed by atoms with E-state index in [0.29, 0.717) is 4.77 Å². The standard InChI is InChI=1S/C18H24N4S/c23-18-19-17(15-8-2-1-3-9-15)20-22(18)13-21-12-6-10-14-7-4-5-11-16(14)21/h1-3,8-9,14,16H,4-7,10-13H2,(H,19,20,23)/p+1/t14-,16-/m0/s1. The zero-order valence-corrected chi connectivity index (χ0v) is 14.3. The highest BCUT2D eigenvalue weighted by Gasteiger charge is 2.36. The second-order valence-electron chi connectivity index (χ2n) is 7.01. The molecule has 2 heterocycles.